The summed E-state index contributed by atoms with van der Waals surface area (Å²) >= 11 is 0. The van der Waals surface area contributed by atoms with Crippen LogP contribution >= 0.6 is 0 Å². The summed E-state index contributed by atoms with van der Waals surface area (Å²) in [6.45, 7) is 0. The summed E-state index contributed by atoms with van der Waals surface area (Å²) in [7, 11) is -3.02. The van der Waals surface area contributed by atoms with Crippen molar-refractivity contribution >= 4 is 33.0 Å². The first-order valence-corrected chi connectivity index (χ1v) is 10.3. The number of nitrogens with one attached hydrogen (secondary N) is 2. The molecule has 0 radical (unpaired) electrons. The number of amides is 1. The Bertz CT molecular complexity index is 1310. The molecule has 12 heteroatoms. The lowest BCUT2D eigenvalue weighted by molar-refractivity contribution is -0.384. The molecular formula is C20H15F2N3O6S. The van der Waals surface area contributed by atoms with Crippen molar-refractivity contribution in [1.29, 1.82) is 0 Å². The lowest BCUT2D eigenvalue weighted by atomic mass is 10.2. The number of nitrogens with zero attached hydrogens (tertiary/aromatic N) is 1. The Labute approximate surface area is 180 Å². The minimum atomic E-state index is -4.29. The van der Waals surface area contributed by atoms with Crippen molar-refractivity contribution < 1.29 is 31.7 Å². The summed E-state index contributed by atoms with van der Waals surface area (Å²) in [4.78, 5) is 22.4. The molecule has 0 aliphatic carbocycles. The van der Waals surface area contributed by atoms with Crippen molar-refractivity contribution in [3.8, 4) is 5.75 Å². The Balaban J connectivity index is 1.89. The van der Waals surface area contributed by atoms with Gasteiger partial charge < -0.3 is 10.1 Å². The average Bonchev–Trinajstić information content (AvgIpc) is 2.75. The summed E-state index contributed by atoms with van der Waals surface area (Å²) < 4.78 is 59.6. The highest BCUT2D eigenvalue weighted by atomic mass is 32.2. The predicted molar refractivity (Wildman–Crippen MR) is 111 cm³/mol. The first kappa shape index (κ1) is 22.6. The Kier molecular flexibility index (Phi) is 6.35. The second-order valence-corrected chi connectivity index (χ2v) is 8.04. The third kappa shape index (κ3) is 4.98. The molecule has 9 nitrogen and oxygen atoms in total. The number of hydrogen-bond acceptors (Lipinski definition) is 6. The van der Waals surface area contributed by atoms with Crippen LogP contribution in [0.4, 0.5) is 25.8 Å². The van der Waals surface area contributed by atoms with Crippen LogP contribution in [0.2, 0.25) is 0 Å². The summed E-state index contributed by atoms with van der Waals surface area (Å²) in [5.41, 5.74) is -0.949. The van der Waals surface area contributed by atoms with Gasteiger partial charge in [-0.05, 0) is 36.4 Å². The summed E-state index contributed by atoms with van der Waals surface area (Å²) in [5, 5.41) is 13.2. The molecule has 0 atom stereocenters. The van der Waals surface area contributed by atoms with Gasteiger partial charge in [0.2, 0.25) is 0 Å². The molecule has 32 heavy (non-hydrogen) atoms. The fraction of sp³-hybridized carbons (Fsp3) is 0.0500. The zero-order chi connectivity index (χ0) is 23.5. The summed E-state index contributed by atoms with van der Waals surface area (Å²) in [6, 6.07) is 10.8. The predicted octanol–water partition coefficient (Wildman–Crippen LogP) is 3.93. The number of non-ortho nitro benzene ring substituents is 1. The fourth-order valence-electron chi connectivity index (χ4n) is 2.68. The fourth-order valence-corrected chi connectivity index (χ4v) is 3.79. The zero-order valence-electron chi connectivity index (χ0n) is 16.3. The number of nitro groups is 1. The average molecular weight is 463 g/mol. The first-order chi connectivity index (χ1) is 15.1. The number of anilines is 2. The second kappa shape index (κ2) is 8.98. The lowest BCUT2D eigenvalue weighted by Gasteiger charge is -2.12. The van der Waals surface area contributed by atoms with Gasteiger partial charge in [0.1, 0.15) is 17.4 Å². The van der Waals surface area contributed by atoms with Gasteiger partial charge in [-0.1, -0.05) is 6.07 Å². The van der Waals surface area contributed by atoms with Crippen molar-refractivity contribution in [3.63, 3.8) is 0 Å². The molecule has 1 amide bonds. The van der Waals surface area contributed by atoms with Crippen LogP contribution in [0.25, 0.3) is 0 Å². The largest absolute Gasteiger partial charge is 0.495 e. The topological polar surface area (TPSA) is 128 Å². The van der Waals surface area contributed by atoms with Crippen LogP contribution in [0.5, 0.6) is 5.75 Å². The van der Waals surface area contributed by atoms with Crippen LogP contribution in [0.3, 0.4) is 0 Å². The molecule has 3 aromatic rings. The number of carbonyl (C=O) groups excluding carboxylic acids is 1. The number of rotatable bonds is 7. The minimum Gasteiger partial charge on any atom is -0.495 e. The van der Waals surface area contributed by atoms with Gasteiger partial charge in [-0.2, -0.15) is 0 Å². The Morgan fingerprint density at radius 1 is 1.03 bits per heavy atom. The smallest absolute Gasteiger partial charge is 0.271 e. The van der Waals surface area contributed by atoms with E-state index in [1.165, 1.54) is 31.4 Å². The highest BCUT2D eigenvalue weighted by Crippen LogP contribution is 2.31. The number of nitro benzene ring substituents is 1. The van der Waals surface area contributed by atoms with Crippen LogP contribution in [0, 0.1) is 21.7 Å². The molecule has 0 heterocycles. The molecular weight excluding hydrogens is 448 g/mol. The van der Waals surface area contributed by atoms with Crippen molar-refractivity contribution in [2.75, 3.05) is 17.1 Å². The summed E-state index contributed by atoms with van der Waals surface area (Å²) in [6.07, 6.45) is 0. The minimum absolute atomic E-state index is 0.0415. The van der Waals surface area contributed by atoms with E-state index in [0.717, 1.165) is 30.3 Å². The van der Waals surface area contributed by atoms with E-state index in [2.05, 4.69) is 10.0 Å². The van der Waals surface area contributed by atoms with Crippen molar-refractivity contribution in [2.45, 2.75) is 4.90 Å². The molecule has 0 aromatic heterocycles. The monoisotopic (exact) mass is 463 g/mol. The van der Waals surface area contributed by atoms with Gasteiger partial charge in [-0.3, -0.25) is 19.6 Å². The van der Waals surface area contributed by atoms with E-state index < -0.39 is 32.5 Å². The third-order valence-electron chi connectivity index (χ3n) is 4.22. The van der Waals surface area contributed by atoms with Gasteiger partial charge in [-0.25, -0.2) is 17.2 Å². The molecule has 0 unspecified atom stereocenters. The Morgan fingerprint density at radius 3 is 2.44 bits per heavy atom. The molecule has 0 aliphatic heterocycles. The van der Waals surface area contributed by atoms with Gasteiger partial charge >= 0.3 is 0 Å². The molecule has 0 spiro atoms. The third-order valence-corrected chi connectivity index (χ3v) is 5.59. The van der Waals surface area contributed by atoms with Crippen molar-refractivity contribution in [3.05, 3.63) is 88.0 Å². The molecule has 0 fully saturated rings. The molecule has 0 saturated heterocycles. The number of halogens is 2. The number of ether oxygens (including phenoxy) is 1. The maximum Gasteiger partial charge on any atom is 0.271 e. The van der Waals surface area contributed by atoms with E-state index in [9.17, 15) is 32.1 Å². The Morgan fingerprint density at radius 2 is 1.78 bits per heavy atom. The Hall–Kier alpha value is -4.06. The molecule has 0 saturated carbocycles. The van der Waals surface area contributed by atoms with E-state index >= 15 is 0 Å². The van der Waals surface area contributed by atoms with Crippen LogP contribution in [-0.4, -0.2) is 26.4 Å². The molecule has 166 valence electrons. The molecule has 3 aromatic carbocycles. The van der Waals surface area contributed by atoms with E-state index in [4.69, 9.17) is 4.74 Å². The van der Waals surface area contributed by atoms with E-state index in [1.54, 1.807) is 0 Å². The SMILES string of the molecule is COc1ccc([N+](=O)[O-])cc1NS(=O)(=O)c1cccc(C(=O)Nc2ccc(F)cc2F)c1. The van der Waals surface area contributed by atoms with E-state index in [-0.39, 0.29) is 33.3 Å². The van der Waals surface area contributed by atoms with Gasteiger partial charge in [-0.15, -0.1) is 0 Å². The maximum atomic E-state index is 13.8. The van der Waals surface area contributed by atoms with Crippen LogP contribution < -0.4 is 14.8 Å². The van der Waals surface area contributed by atoms with E-state index in [0.29, 0.717) is 6.07 Å². The van der Waals surface area contributed by atoms with Crippen LogP contribution in [0.1, 0.15) is 10.4 Å². The molecule has 3 rings (SSSR count). The van der Waals surface area contributed by atoms with E-state index in [1.807, 2.05) is 0 Å². The van der Waals surface area contributed by atoms with Crippen molar-refractivity contribution in [2.24, 2.45) is 0 Å². The first-order valence-electron chi connectivity index (χ1n) is 8.82. The van der Waals surface area contributed by atoms with Crippen LogP contribution in [-0.2, 0) is 10.0 Å². The zero-order valence-corrected chi connectivity index (χ0v) is 17.2. The van der Waals surface area contributed by atoms with Gasteiger partial charge in [0, 0.05) is 23.8 Å². The standard InChI is InChI=1S/C20H15F2N3O6S/c1-31-19-8-6-14(25(27)28)11-18(19)24-32(29,30)15-4-2-3-12(9-15)20(26)23-17-7-5-13(21)10-16(17)22/h2-11,24H,1H3,(H,23,26). The van der Waals surface area contributed by atoms with Crippen LogP contribution in [0.15, 0.2) is 65.6 Å². The number of benzene rings is 3. The molecule has 0 aliphatic rings. The number of sulfonamides is 1. The highest BCUT2D eigenvalue weighted by molar-refractivity contribution is 7.92. The lowest BCUT2D eigenvalue weighted by Crippen LogP contribution is -2.17. The van der Waals surface area contributed by atoms with Gasteiger partial charge in [0.05, 0.1) is 28.3 Å². The second-order valence-electron chi connectivity index (χ2n) is 6.35. The highest BCUT2D eigenvalue weighted by Gasteiger charge is 2.21. The molecule has 2 N–H and O–H groups in total. The molecule has 0 bridgehead atoms. The quantitative estimate of drug-likeness (QED) is 0.404. The van der Waals surface area contributed by atoms with Gasteiger partial charge in [0.15, 0.2) is 0 Å². The van der Waals surface area contributed by atoms with Gasteiger partial charge in [0.25, 0.3) is 21.6 Å². The summed E-state index contributed by atoms with van der Waals surface area (Å²) in [5.74, 6) is -2.61. The normalized spacial score (nSPS) is 11.0. The maximum absolute atomic E-state index is 13.8. The number of hydrogen-bond donors (Lipinski definition) is 2. The number of carbonyl (C=O) groups is 1. The number of methoxy groups -OCH3 is 1. The van der Waals surface area contributed by atoms with Crippen molar-refractivity contribution in [1.82, 2.24) is 0 Å².